The Hall–Kier alpha value is -1.63. The van der Waals surface area contributed by atoms with Gasteiger partial charge in [0.1, 0.15) is 0 Å². The van der Waals surface area contributed by atoms with Crippen molar-refractivity contribution in [3.63, 3.8) is 0 Å². The van der Waals surface area contributed by atoms with Crippen LogP contribution in [0, 0.1) is 0 Å². The van der Waals surface area contributed by atoms with E-state index in [2.05, 4.69) is 62.7 Å². The SMILES string of the molecule is C=COC(=O)OCCCCC(C)(C)O[Si](C)(C)O[Si](C)(C)CCCCOC(=O)OC=C. The molecule has 0 aromatic heterocycles. The molecule has 0 aliphatic heterocycles. The van der Waals surface area contributed by atoms with Gasteiger partial charge in [-0.1, -0.05) is 19.6 Å². The molecule has 0 N–H and O–H groups in total. The first-order valence-electron chi connectivity index (χ1n) is 10.6. The minimum atomic E-state index is -2.34. The van der Waals surface area contributed by atoms with Crippen LogP contribution < -0.4 is 0 Å². The predicted molar refractivity (Wildman–Crippen MR) is 124 cm³/mol. The molecule has 0 fully saturated rings. The summed E-state index contributed by atoms with van der Waals surface area (Å²) >= 11 is 0. The molecule has 31 heavy (non-hydrogen) atoms. The molecule has 0 spiro atoms. The highest BCUT2D eigenvalue weighted by molar-refractivity contribution is 6.82. The van der Waals surface area contributed by atoms with Crippen LogP contribution in [-0.4, -0.2) is 48.0 Å². The van der Waals surface area contributed by atoms with Crippen LogP contribution in [-0.2, 0) is 27.5 Å². The summed E-state index contributed by atoms with van der Waals surface area (Å²) in [4.78, 5) is 22.2. The molecule has 0 amide bonds. The van der Waals surface area contributed by atoms with E-state index in [0.29, 0.717) is 13.2 Å². The van der Waals surface area contributed by atoms with E-state index in [-0.39, 0.29) is 5.60 Å². The van der Waals surface area contributed by atoms with Gasteiger partial charge in [0.05, 0.1) is 31.3 Å². The average Bonchev–Trinajstić information content (AvgIpc) is 2.59. The minimum absolute atomic E-state index is 0.301. The van der Waals surface area contributed by atoms with Crippen LogP contribution in [0.1, 0.15) is 46.0 Å². The fourth-order valence-corrected chi connectivity index (χ4v) is 11.7. The maximum absolute atomic E-state index is 11.1. The Morgan fingerprint density at radius 3 is 1.81 bits per heavy atom. The third kappa shape index (κ3) is 16.7. The van der Waals surface area contributed by atoms with Gasteiger partial charge in [-0.15, -0.1) is 0 Å². The first kappa shape index (κ1) is 29.4. The maximum atomic E-state index is 11.1. The Morgan fingerprint density at radius 1 is 0.839 bits per heavy atom. The van der Waals surface area contributed by atoms with Crippen molar-refractivity contribution in [1.82, 2.24) is 0 Å². The van der Waals surface area contributed by atoms with Crippen molar-refractivity contribution in [3.8, 4) is 0 Å². The molecule has 180 valence electrons. The van der Waals surface area contributed by atoms with Crippen LogP contribution in [0.5, 0.6) is 0 Å². The molecule has 0 aliphatic rings. The normalized spacial score (nSPS) is 12.1. The van der Waals surface area contributed by atoms with E-state index in [1.807, 2.05) is 0 Å². The summed E-state index contributed by atoms with van der Waals surface area (Å²) in [7, 11) is -4.27. The molecule has 0 aromatic rings. The third-order valence-electron chi connectivity index (χ3n) is 4.19. The maximum Gasteiger partial charge on any atom is 0.513 e. The molecule has 0 radical (unpaired) electrons. The van der Waals surface area contributed by atoms with Gasteiger partial charge in [-0.3, -0.25) is 0 Å². The van der Waals surface area contributed by atoms with Gasteiger partial charge in [0.25, 0.3) is 0 Å². The van der Waals surface area contributed by atoms with Gasteiger partial charge in [0.15, 0.2) is 8.32 Å². The molecule has 0 heterocycles. The molecule has 10 heteroatoms. The van der Waals surface area contributed by atoms with Gasteiger partial charge < -0.3 is 27.5 Å². The van der Waals surface area contributed by atoms with Gasteiger partial charge in [0, 0.05) is 0 Å². The summed E-state index contributed by atoms with van der Waals surface area (Å²) in [6.45, 7) is 19.9. The summed E-state index contributed by atoms with van der Waals surface area (Å²) < 4.78 is 31.8. The van der Waals surface area contributed by atoms with E-state index < -0.39 is 29.2 Å². The van der Waals surface area contributed by atoms with Crippen LogP contribution in [0.15, 0.2) is 25.7 Å². The van der Waals surface area contributed by atoms with E-state index in [1.165, 1.54) is 0 Å². The molecular weight excluding hydrogens is 436 g/mol. The second kappa shape index (κ2) is 14.4. The first-order chi connectivity index (χ1) is 14.3. The van der Waals surface area contributed by atoms with Crippen LogP contribution >= 0.6 is 0 Å². The first-order valence-corrected chi connectivity index (χ1v) is 16.5. The molecule has 0 unspecified atom stereocenters. The highest BCUT2D eigenvalue weighted by Crippen LogP contribution is 2.28. The van der Waals surface area contributed by atoms with E-state index in [9.17, 15) is 9.59 Å². The van der Waals surface area contributed by atoms with Gasteiger partial charge in [-0.05, 0) is 71.8 Å². The number of carbonyl (C=O) groups is 2. The monoisotopic (exact) mass is 476 g/mol. The Labute approximate surface area is 189 Å². The Balaban J connectivity index is 4.26. The lowest BCUT2D eigenvalue weighted by Gasteiger charge is -2.39. The third-order valence-corrected chi connectivity index (χ3v) is 11.0. The quantitative estimate of drug-likeness (QED) is 0.112. The summed E-state index contributed by atoms with van der Waals surface area (Å²) in [5.41, 5.74) is -0.332. The number of hydrogen-bond donors (Lipinski definition) is 0. The Morgan fingerprint density at radius 2 is 1.32 bits per heavy atom. The standard InChI is InChI=1S/C21H40O8Si2/c1-9-24-19(22)26-16-12-11-15-21(3,4)28-31(7,8)29-30(5,6)18-14-13-17-27-20(23)25-10-2/h9-10H,1-2,11-18H2,3-8H3. The topological polar surface area (TPSA) is 89.5 Å². The van der Waals surface area contributed by atoms with Gasteiger partial charge in [-0.25, -0.2) is 9.59 Å². The zero-order valence-electron chi connectivity index (χ0n) is 20.0. The largest absolute Gasteiger partial charge is 0.513 e. The fraction of sp³-hybridized carbons (Fsp3) is 0.714. The van der Waals surface area contributed by atoms with Gasteiger partial charge >= 0.3 is 20.9 Å². The molecule has 0 atom stereocenters. The molecule has 0 saturated carbocycles. The highest BCUT2D eigenvalue weighted by Gasteiger charge is 2.38. The Kier molecular flexibility index (Phi) is 13.7. The molecular formula is C21H40O8Si2. The number of rotatable bonds is 16. The van der Waals surface area contributed by atoms with E-state index >= 15 is 0 Å². The van der Waals surface area contributed by atoms with Crippen molar-refractivity contribution in [1.29, 1.82) is 0 Å². The van der Waals surface area contributed by atoms with Crippen molar-refractivity contribution in [2.75, 3.05) is 13.2 Å². The zero-order chi connectivity index (χ0) is 24.0. The summed E-state index contributed by atoms with van der Waals surface area (Å²) in [5.74, 6) is 0. The van der Waals surface area contributed by atoms with Crippen molar-refractivity contribution in [3.05, 3.63) is 25.7 Å². The second-order valence-electron chi connectivity index (χ2n) is 8.80. The fourth-order valence-electron chi connectivity index (χ4n) is 3.27. The molecule has 0 bridgehead atoms. The molecule has 0 saturated heterocycles. The van der Waals surface area contributed by atoms with Crippen molar-refractivity contribution < 1.29 is 37.1 Å². The molecule has 8 nitrogen and oxygen atoms in total. The minimum Gasteiger partial charge on any atom is -0.436 e. The van der Waals surface area contributed by atoms with Crippen molar-refractivity contribution in [2.24, 2.45) is 0 Å². The van der Waals surface area contributed by atoms with Crippen LogP contribution in [0.25, 0.3) is 0 Å². The predicted octanol–water partition coefficient (Wildman–Crippen LogP) is 6.25. The van der Waals surface area contributed by atoms with Crippen LogP contribution in [0.3, 0.4) is 0 Å². The second-order valence-corrected chi connectivity index (χ2v) is 16.6. The number of unbranched alkanes of at least 4 members (excludes halogenated alkanes) is 2. The van der Waals surface area contributed by atoms with Crippen LogP contribution in [0.2, 0.25) is 32.2 Å². The number of hydrogen-bond acceptors (Lipinski definition) is 8. The van der Waals surface area contributed by atoms with Crippen LogP contribution in [0.4, 0.5) is 9.59 Å². The molecule has 0 aromatic carbocycles. The van der Waals surface area contributed by atoms with E-state index in [1.54, 1.807) is 0 Å². The lowest BCUT2D eigenvalue weighted by molar-refractivity contribution is 0.0581. The smallest absolute Gasteiger partial charge is 0.436 e. The summed E-state index contributed by atoms with van der Waals surface area (Å²) in [5, 5.41) is 0. The van der Waals surface area contributed by atoms with E-state index in [0.717, 1.165) is 50.7 Å². The summed E-state index contributed by atoms with van der Waals surface area (Å²) in [6.07, 6.45) is 4.70. The highest BCUT2D eigenvalue weighted by atomic mass is 28.4. The molecule has 0 aliphatic carbocycles. The summed E-state index contributed by atoms with van der Waals surface area (Å²) in [6, 6.07) is 0.950. The lowest BCUT2D eigenvalue weighted by Crippen LogP contribution is -2.50. The van der Waals surface area contributed by atoms with Gasteiger partial charge in [-0.2, -0.15) is 0 Å². The average molecular weight is 477 g/mol. The Bertz CT molecular complexity index is 528. The lowest BCUT2D eigenvalue weighted by atomic mass is 10.0. The number of ether oxygens (including phenoxy) is 4. The molecule has 0 rings (SSSR count). The van der Waals surface area contributed by atoms with Crippen molar-refractivity contribution in [2.45, 2.75) is 83.8 Å². The van der Waals surface area contributed by atoms with E-state index in [4.69, 9.17) is 18.0 Å². The van der Waals surface area contributed by atoms with Gasteiger partial charge in [0.2, 0.25) is 0 Å². The zero-order valence-corrected chi connectivity index (χ0v) is 22.0. The number of carbonyl (C=O) groups excluding carboxylic acids is 2. The van der Waals surface area contributed by atoms with Crippen molar-refractivity contribution >= 4 is 29.2 Å².